The van der Waals surface area contributed by atoms with Crippen LogP contribution >= 0.6 is 0 Å². The monoisotopic (exact) mass is 224 g/mol. The molecule has 0 aliphatic rings. The average molecular weight is 224 g/mol. The Hall–Kier alpha value is -1.22. The summed E-state index contributed by atoms with van der Waals surface area (Å²) in [5, 5.41) is 0. The first-order valence-corrected chi connectivity index (χ1v) is 5.54. The standard InChI is InChI=1S/C13H17FO2/c1-3-7-10(2)16-13(14)12(15)11-8-5-4-6-9-11/h4-6,8-10,13H,3,7H2,1-2H3/t10-,13+/m0/s1. The van der Waals surface area contributed by atoms with Crippen molar-refractivity contribution in [1.82, 2.24) is 0 Å². The second-order valence-electron chi connectivity index (χ2n) is 3.78. The highest BCUT2D eigenvalue weighted by Crippen LogP contribution is 2.11. The van der Waals surface area contributed by atoms with Crippen molar-refractivity contribution in [2.75, 3.05) is 0 Å². The first kappa shape index (κ1) is 12.8. The van der Waals surface area contributed by atoms with Gasteiger partial charge in [-0.05, 0) is 13.3 Å². The average Bonchev–Trinajstić information content (AvgIpc) is 2.29. The lowest BCUT2D eigenvalue weighted by Gasteiger charge is -2.14. The molecule has 1 aromatic carbocycles. The van der Waals surface area contributed by atoms with Gasteiger partial charge in [0.25, 0.3) is 6.36 Å². The largest absolute Gasteiger partial charge is 0.339 e. The molecule has 3 heteroatoms. The summed E-state index contributed by atoms with van der Waals surface area (Å²) in [6, 6.07) is 8.36. The lowest BCUT2D eigenvalue weighted by molar-refractivity contribution is -0.0592. The topological polar surface area (TPSA) is 26.3 Å². The van der Waals surface area contributed by atoms with Crippen molar-refractivity contribution < 1.29 is 13.9 Å². The van der Waals surface area contributed by atoms with E-state index >= 15 is 0 Å². The van der Waals surface area contributed by atoms with Gasteiger partial charge in [0.2, 0.25) is 5.78 Å². The number of carbonyl (C=O) groups is 1. The molecule has 0 unspecified atom stereocenters. The molecule has 1 rings (SSSR count). The van der Waals surface area contributed by atoms with Gasteiger partial charge in [-0.25, -0.2) is 4.39 Å². The van der Waals surface area contributed by atoms with E-state index in [0.717, 1.165) is 12.8 Å². The summed E-state index contributed by atoms with van der Waals surface area (Å²) in [5.74, 6) is -0.608. The SMILES string of the molecule is CCC[C@H](C)O[C@@H](F)C(=O)c1ccccc1. The molecule has 0 saturated heterocycles. The third-order valence-corrected chi connectivity index (χ3v) is 2.31. The van der Waals surface area contributed by atoms with Crippen LogP contribution in [0.4, 0.5) is 4.39 Å². The van der Waals surface area contributed by atoms with Gasteiger partial charge >= 0.3 is 0 Å². The fraction of sp³-hybridized carbons (Fsp3) is 0.462. The lowest BCUT2D eigenvalue weighted by Crippen LogP contribution is -2.24. The summed E-state index contributed by atoms with van der Waals surface area (Å²) >= 11 is 0. The van der Waals surface area contributed by atoms with E-state index in [1.807, 2.05) is 6.92 Å². The van der Waals surface area contributed by atoms with Crippen molar-refractivity contribution >= 4 is 5.78 Å². The van der Waals surface area contributed by atoms with E-state index in [-0.39, 0.29) is 6.10 Å². The molecule has 0 aliphatic heterocycles. The van der Waals surface area contributed by atoms with Gasteiger partial charge in [-0.2, -0.15) is 0 Å². The Morgan fingerprint density at radius 1 is 1.38 bits per heavy atom. The minimum atomic E-state index is -1.86. The fourth-order valence-corrected chi connectivity index (χ4v) is 1.47. The third-order valence-electron chi connectivity index (χ3n) is 2.31. The fourth-order valence-electron chi connectivity index (χ4n) is 1.47. The van der Waals surface area contributed by atoms with Crippen LogP contribution in [0.25, 0.3) is 0 Å². The van der Waals surface area contributed by atoms with Gasteiger partial charge in [-0.3, -0.25) is 4.79 Å². The van der Waals surface area contributed by atoms with Crippen LogP contribution in [0.1, 0.15) is 37.0 Å². The van der Waals surface area contributed by atoms with Gasteiger partial charge in [0.05, 0.1) is 6.10 Å². The molecule has 16 heavy (non-hydrogen) atoms. The second kappa shape index (κ2) is 6.38. The minimum Gasteiger partial charge on any atom is -0.339 e. The van der Waals surface area contributed by atoms with E-state index in [9.17, 15) is 9.18 Å². The number of rotatable bonds is 6. The van der Waals surface area contributed by atoms with E-state index in [4.69, 9.17) is 4.74 Å². The number of hydrogen-bond acceptors (Lipinski definition) is 2. The van der Waals surface area contributed by atoms with Crippen LogP contribution in [0.2, 0.25) is 0 Å². The highest BCUT2D eigenvalue weighted by atomic mass is 19.1. The number of benzene rings is 1. The molecule has 88 valence electrons. The molecule has 0 heterocycles. The van der Waals surface area contributed by atoms with Crippen molar-refractivity contribution in [3.05, 3.63) is 35.9 Å². The van der Waals surface area contributed by atoms with E-state index in [1.54, 1.807) is 37.3 Å². The number of ketones is 1. The van der Waals surface area contributed by atoms with Crippen LogP contribution in [0.3, 0.4) is 0 Å². The molecule has 0 aliphatic carbocycles. The van der Waals surface area contributed by atoms with Crippen LogP contribution in [-0.4, -0.2) is 18.2 Å². The van der Waals surface area contributed by atoms with Gasteiger partial charge in [0.1, 0.15) is 0 Å². The molecule has 0 spiro atoms. The molecule has 0 N–H and O–H groups in total. The summed E-state index contributed by atoms with van der Waals surface area (Å²) in [5.41, 5.74) is 0.346. The van der Waals surface area contributed by atoms with Crippen molar-refractivity contribution in [3.63, 3.8) is 0 Å². The van der Waals surface area contributed by atoms with Gasteiger partial charge in [-0.15, -0.1) is 0 Å². The summed E-state index contributed by atoms with van der Waals surface area (Å²) in [7, 11) is 0. The minimum absolute atomic E-state index is 0.229. The molecule has 0 saturated carbocycles. The maximum absolute atomic E-state index is 13.5. The first-order valence-electron chi connectivity index (χ1n) is 5.54. The highest BCUT2D eigenvalue weighted by Gasteiger charge is 2.21. The Kier molecular flexibility index (Phi) is 5.12. The number of carbonyl (C=O) groups excluding carboxylic acids is 1. The molecular weight excluding hydrogens is 207 g/mol. The number of hydrogen-bond donors (Lipinski definition) is 0. The normalized spacial score (nSPS) is 14.4. The van der Waals surface area contributed by atoms with Crippen LogP contribution in [-0.2, 0) is 4.74 Å². The maximum Gasteiger partial charge on any atom is 0.263 e. The number of alkyl halides is 1. The molecule has 0 aromatic heterocycles. The second-order valence-corrected chi connectivity index (χ2v) is 3.78. The molecule has 2 nitrogen and oxygen atoms in total. The summed E-state index contributed by atoms with van der Waals surface area (Å²) in [6.07, 6.45) is -0.424. The number of halogens is 1. The Morgan fingerprint density at radius 2 is 2.00 bits per heavy atom. The molecular formula is C13H17FO2. The smallest absolute Gasteiger partial charge is 0.263 e. The zero-order valence-electron chi connectivity index (χ0n) is 9.65. The highest BCUT2D eigenvalue weighted by molar-refractivity contribution is 5.98. The Morgan fingerprint density at radius 3 is 2.56 bits per heavy atom. The number of ether oxygens (including phenoxy) is 1. The van der Waals surface area contributed by atoms with Crippen LogP contribution in [0.15, 0.2) is 30.3 Å². The van der Waals surface area contributed by atoms with Crippen molar-refractivity contribution in [2.24, 2.45) is 0 Å². The van der Waals surface area contributed by atoms with E-state index < -0.39 is 12.1 Å². The zero-order valence-corrected chi connectivity index (χ0v) is 9.65. The number of Topliss-reactive ketones (excluding diaryl/α,β-unsaturated/α-hetero) is 1. The van der Waals surface area contributed by atoms with Gasteiger partial charge < -0.3 is 4.74 Å². The molecule has 1 aromatic rings. The molecule has 0 radical (unpaired) electrons. The van der Waals surface area contributed by atoms with Crippen LogP contribution in [0.5, 0.6) is 0 Å². The van der Waals surface area contributed by atoms with Crippen molar-refractivity contribution in [3.8, 4) is 0 Å². The first-order chi connectivity index (χ1) is 7.65. The van der Waals surface area contributed by atoms with Crippen molar-refractivity contribution in [1.29, 1.82) is 0 Å². The van der Waals surface area contributed by atoms with Gasteiger partial charge in [0.15, 0.2) is 0 Å². The Balaban J connectivity index is 2.55. The molecule has 2 atom stereocenters. The van der Waals surface area contributed by atoms with Gasteiger partial charge in [-0.1, -0.05) is 43.7 Å². The lowest BCUT2D eigenvalue weighted by atomic mass is 10.1. The predicted molar refractivity (Wildman–Crippen MR) is 61.1 cm³/mol. The van der Waals surface area contributed by atoms with E-state index in [1.165, 1.54) is 0 Å². The van der Waals surface area contributed by atoms with Crippen LogP contribution < -0.4 is 0 Å². The maximum atomic E-state index is 13.5. The molecule has 0 fully saturated rings. The Labute approximate surface area is 95.4 Å². The summed E-state index contributed by atoms with van der Waals surface area (Å²) in [6.45, 7) is 3.76. The predicted octanol–water partition coefficient (Wildman–Crippen LogP) is 3.37. The molecule has 0 amide bonds. The zero-order chi connectivity index (χ0) is 12.0. The summed E-state index contributed by atoms with van der Waals surface area (Å²) in [4.78, 5) is 11.6. The van der Waals surface area contributed by atoms with E-state index in [0.29, 0.717) is 5.56 Å². The third kappa shape index (κ3) is 3.74. The van der Waals surface area contributed by atoms with Crippen LogP contribution in [0, 0.1) is 0 Å². The van der Waals surface area contributed by atoms with E-state index in [2.05, 4.69) is 0 Å². The van der Waals surface area contributed by atoms with Crippen molar-refractivity contribution in [2.45, 2.75) is 39.2 Å². The molecule has 0 bridgehead atoms. The quantitative estimate of drug-likeness (QED) is 0.692. The Bertz CT molecular complexity index is 324. The van der Waals surface area contributed by atoms with Gasteiger partial charge in [0, 0.05) is 5.56 Å². The summed E-state index contributed by atoms with van der Waals surface area (Å²) < 4.78 is 18.5.